The number of aliphatic hydroxyl groups excluding tert-OH is 1. The Morgan fingerprint density at radius 1 is 1.05 bits per heavy atom. The third-order valence-electron chi connectivity index (χ3n) is 6.03. The van der Waals surface area contributed by atoms with Crippen LogP contribution in [-0.2, 0) is 9.59 Å². The van der Waals surface area contributed by atoms with E-state index in [0.29, 0.717) is 29.6 Å². The van der Waals surface area contributed by atoms with Crippen LogP contribution in [0.5, 0.6) is 17.2 Å². The Hall–Kier alpha value is -3.78. The lowest BCUT2D eigenvalue weighted by atomic mass is 9.98. The number of aryl methyl sites for hydroxylation is 1. The highest BCUT2D eigenvalue weighted by Gasteiger charge is 2.46. The number of thiophene rings is 1. The smallest absolute Gasteiger partial charge is 0.295 e. The summed E-state index contributed by atoms with van der Waals surface area (Å²) in [4.78, 5) is 28.5. The molecule has 2 heterocycles. The molecular formula is C29H31NO6S. The minimum absolute atomic E-state index is 0.0761. The van der Waals surface area contributed by atoms with Crippen LogP contribution in [0.2, 0.25) is 0 Å². The molecule has 2 aromatic carbocycles. The molecule has 194 valence electrons. The van der Waals surface area contributed by atoms with Crippen LogP contribution < -0.4 is 14.2 Å². The largest absolute Gasteiger partial charge is 0.507 e. The maximum Gasteiger partial charge on any atom is 0.295 e. The lowest BCUT2D eigenvalue weighted by molar-refractivity contribution is -0.140. The molecule has 1 unspecified atom stereocenters. The molecule has 3 aromatic rings. The van der Waals surface area contributed by atoms with E-state index in [-0.39, 0.29) is 24.5 Å². The molecule has 8 heteroatoms. The average molecular weight is 522 g/mol. The minimum Gasteiger partial charge on any atom is -0.507 e. The Kier molecular flexibility index (Phi) is 8.18. The van der Waals surface area contributed by atoms with Crippen molar-refractivity contribution in [2.45, 2.75) is 26.8 Å². The summed E-state index contributed by atoms with van der Waals surface area (Å²) >= 11 is 1.43. The molecule has 1 aliphatic rings. The van der Waals surface area contributed by atoms with E-state index in [0.717, 1.165) is 16.2 Å². The van der Waals surface area contributed by atoms with Crippen LogP contribution in [0.1, 0.15) is 35.9 Å². The molecule has 1 aliphatic heterocycles. The monoisotopic (exact) mass is 521 g/mol. The van der Waals surface area contributed by atoms with Crippen molar-refractivity contribution in [3.05, 3.63) is 81.6 Å². The minimum atomic E-state index is -0.710. The lowest BCUT2D eigenvalue weighted by Crippen LogP contribution is -2.33. The van der Waals surface area contributed by atoms with Gasteiger partial charge in [-0.2, -0.15) is 0 Å². The summed E-state index contributed by atoms with van der Waals surface area (Å²) in [7, 11) is 1.59. The molecule has 1 aromatic heterocycles. The Morgan fingerprint density at radius 2 is 1.78 bits per heavy atom. The molecule has 1 N–H and O–H groups in total. The first-order valence-electron chi connectivity index (χ1n) is 12.1. The van der Waals surface area contributed by atoms with Crippen LogP contribution in [0.4, 0.5) is 0 Å². The van der Waals surface area contributed by atoms with E-state index in [1.807, 2.05) is 24.4 Å². The van der Waals surface area contributed by atoms with E-state index in [4.69, 9.17) is 14.2 Å². The van der Waals surface area contributed by atoms with Gasteiger partial charge >= 0.3 is 0 Å². The van der Waals surface area contributed by atoms with Gasteiger partial charge in [0.2, 0.25) is 0 Å². The highest BCUT2D eigenvalue weighted by atomic mass is 32.1. The summed E-state index contributed by atoms with van der Waals surface area (Å²) in [5.41, 5.74) is 1.37. The summed E-state index contributed by atoms with van der Waals surface area (Å²) in [6.07, 6.45) is 0. The Morgan fingerprint density at radius 3 is 2.41 bits per heavy atom. The van der Waals surface area contributed by atoms with Crippen molar-refractivity contribution in [3.63, 3.8) is 0 Å². The fourth-order valence-corrected chi connectivity index (χ4v) is 5.00. The third kappa shape index (κ3) is 5.80. The fourth-order valence-electron chi connectivity index (χ4n) is 4.16. The van der Waals surface area contributed by atoms with Crippen LogP contribution in [0.15, 0.2) is 65.6 Å². The molecule has 4 rings (SSSR count). The number of amides is 1. The lowest BCUT2D eigenvalue weighted by Gasteiger charge is -2.24. The number of hydrogen-bond donors (Lipinski definition) is 1. The van der Waals surface area contributed by atoms with Gasteiger partial charge in [0.05, 0.1) is 31.9 Å². The topological polar surface area (TPSA) is 85.3 Å². The molecule has 0 saturated carbocycles. The second-order valence-corrected chi connectivity index (χ2v) is 10.2. The third-order valence-corrected chi connectivity index (χ3v) is 6.96. The van der Waals surface area contributed by atoms with Gasteiger partial charge in [-0.1, -0.05) is 19.9 Å². The summed E-state index contributed by atoms with van der Waals surface area (Å²) in [6.45, 7) is 6.97. The van der Waals surface area contributed by atoms with E-state index in [2.05, 4.69) is 13.8 Å². The van der Waals surface area contributed by atoms with Crippen LogP contribution in [0.3, 0.4) is 0 Å². The number of hydrogen-bond acceptors (Lipinski definition) is 7. The zero-order valence-corrected chi connectivity index (χ0v) is 22.2. The van der Waals surface area contributed by atoms with E-state index in [1.54, 1.807) is 49.6 Å². The van der Waals surface area contributed by atoms with Crippen molar-refractivity contribution in [1.29, 1.82) is 0 Å². The molecule has 0 bridgehead atoms. The van der Waals surface area contributed by atoms with Gasteiger partial charge in [-0.15, -0.1) is 11.3 Å². The first kappa shape index (κ1) is 26.3. The highest BCUT2D eigenvalue weighted by molar-refractivity contribution is 7.10. The van der Waals surface area contributed by atoms with E-state index in [1.165, 1.54) is 16.2 Å². The zero-order chi connectivity index (χ0) is 26.5. The normalized spacial score (nSPS) is 16.9. The average Bonchev–Trinajstić information content (AvgIpc) is 3.50. The number of likely N-dealkylation sites (tertiary alicyclic amines) is 1. The SMILES string of the molecule is COc1ccc(OCCN2C(=O)C(=O)/C(=C(\O)c3ccc(OCC(C)C)c(C)c3)C2c2cccs2)cc1. The first-order valence-corrected chi connectivity index (χ1v) is 13.0. The summed E-state index contributed by atoms with van der Waals surface area (Å²) < 4.78 is 16.8. The van der Waals surface area contributed by atoms with E-state index in [9.17, 15) is 14.7 Å². The fraction of sp³-hybridized carbons (Fsp3) is 0.310. The predicted octanol–water partition coefficient (Wildman–Crippen LogP) is 5.60. The number of rotatable bonds is 10. The van der Waals surface area contributed by atoms with Gasteiger partial charge in [-0.05, 0) is 72.3 Å². The van der Waals surface area contributed by atoms with Crippen molar-refractivity contribution in [3.8, 4) is 17.2 Å². The number of benzene rings is 2. The van der Waals surface area contributed by atoms with Crippen LogP contribution in [0, 0.1) is 12.8 Å². The molecular weight excluding hydrogens is 490 g/mol. The van der Waals surface area contributed by atoms with Crippen molar-refractivity contribution >= 4 is 28.8 Å². The molecule has 1 fully saturated rings. The molecule has 1 atom stereocenters. The van der Waals surface area contributed by atoms with Gasteiger partial charge < -0.3 is 24.2 Å². The van der Waals surface area contributed by atoms with Gasteiger partial charge in [0.25, 0.3) is 11.7 Å². The number of ketones is 1. The number of nitrogens with zero attached hydrogens (tertiary/aromatic N) is 1. The first-order chi connectivity index (χ1) is 17.8. The zero-order valence-electron chi connectivity index (χ0n) is 21.4. The van der Waals surface area contributed by atoms with Crippen LogP contribution >= 0.6 is 11.3 Å². The molecule has 37 heavy (non-hydrogen) atoms. The van der Waals surface area contributed by atoms with Gasteiger partial charge in [-0.3, -0.25) is 9.59 Å². The van der Waals surface area contributed by atoms with Gasteiger partial charge in [0, 0.05) is 10.4 Å². The summed E-state index contributed by atoms with van der Waals surface area (Å²) in [5.74, 6) is 0.865. The maximum absolute atomic E-state index is 13.2. The van der Waals surface area contributed by atoms with Crippen LogP contribution in [0.25, 0.3) is 5.76 Å². The van der Waals surface area contributed by atoms with E-state index >= 15 is 0 Å². The number of carbonyl (C=O) groups excluding carboxylic acids is 2. The van der Waals surface area contributed by atoms with Crippen molar-refractivity contribution in [2.24, 2.45) is 5.92 Å². The maximum atomic E-state index is 13.2. The number of Topliss-reactive ketones (excluding diaryl/α,β-unsaturated/α-hetero) is 1. The predicted molar refractivity (Wildman–Crippen MR) is 143 cm³/mol. The van der Waals surface area contributed by atoms with Gasteiger partial charge in [-0.25, -0.2) is 0 Å². The Labute approximate surface area is 220 Å². The number of methoxy groups -OCH3 is 1. The van der Waals surface area contributed by atoms with Crippen molar-refractivity contribution in [1.82, 2.24) is 4.90 Å². The number of ether oxygens (including phenoxy) is 3. The molecule has 0 aliphatic carbocycles. The van der Waals surface area contributed by atoms with Crippen LogP contribution in [-0.4, -0.2) is 48.6 Å². The second-order valence-electron chi connectivity index (χ2n) is 9.22. The molecule has 0 spiro atoms. The Balaban J connectivity index is 1.60. The molecule has 0 radical (unpaired) electrons. The summed E-state index contributed by atoms with van der Waals surface area (Å²) in [6, 6.07) is 15.4. The number of aliphatic hydroxyl groups is 1. The number of carbonyl (C=O) groups is 2. The Bertz CT molecular complexity index is 1280. The van der Waals surface area contributed by atoms with E-state index < -0.39 is 17.7 Å². The van der Waals surface area contributed by atoms with Gasteiger partial charge in [0.15, 0.2) is 0 Å². The summed E-state index contributed by atoms with van der Waals surface area (Å²) in [5, 5.41) is 13.2. The molecule has 7 nitrogen and oxygen atoms in total. The van der Waals surface area contributed by atoms with Crippen molar-refractivity contribution < 1.29 is 28.9 Å². The quantitative estimate of drug-likeness (QED) is 0.212. The van der Waals surface area contributed by atoms with Gasteiger partial charge in [0.1, 0.15) is 29.6 Å². The van der Waals surface area contributed by atoms with Crippen molar-refractivity contribution in [2.75, 3.05) is 26.9 Å². The second kappa shape index (κ2) is 11.5. The molecule has 1 amide bonds. The molecule has 1 saturated heterocycles. The highest BCUT2D eigenvalue weighted by Crippen LogP contribution is 2.41. The standard InChI is InChI=1S/C29H31NO6S/c1-18(2)17-36-23-12-7-20(16-19(23)3)27(31)25-26(24-6-5-15-37-24)30(29(33)28(25)32)13-14-35-22-10-8-21(34-4)9-11-22/h5-12,15-16,18,26,31H,13-14,17H2,1-4H3/b27-25-.